The number of imidazole rings is 1. The number of aromatic amines is 1. The molecule has 0 aliphatic carbocycles. The largest absolute Gasteiger partial charge is 0.486 e. The van der Waals surface area contributed by atoms with Gasteiger partial charge in [-0.1, -0.05) is 23.9 Å². The molecule has 2 aromatic heterocycles. The highest BCUT2D eigenvalue weighted by Gasteiger charge is 2.14. The highest BCUT2D eigenvalue weighted by molar-refractivity contribution is 7.99. The predicted octanol–water partition coefficient (Wildman–Crippen LogP) is 3.23. The number of hydrogen-bond donors (Lipinski definition) is 2. The minimum atomic E-state index is -0.177. The van der Waals surface area contributed by atoms with Crippen LogP contribution in [0.3, 0.4) is 0 Å². The summed E-state index contributed by atoms with van der Waals surface area (Å²) in [6, 6.07) is 13.2. The van der Waals surface area contributed by atoms with Crippen LogP contribution < -0.4 is 14.8 Å². The van der Waals surface area contributed by atoms with Crippen LogP contribution in [0, 0.1) is 0 Å². The molecule has 0 unspecified atom stereocenters. The van der Waals surface area contributed by atoms with Gasteiger partial charge >= 0.3 is 0 Å². The van der Waals surface area contributed by atoms with Gasteiger partial charge in [-0.15, -0.1) is 10.2 Å². The first kappa shape index (κ1) is 19.4. The van der Waals surface area contributed by atoms with Crippen molar-refractivity contribution in [2.24, 2.45) is 0 Å². The van der Waals surface area contributed by atoms with E-state index in [9.17, 15) is 4.79 Å². The van der Waals surface area contributed by atoms with Crippen LogP contribution in [0.2, 0.25) is 0 Å². The molecule has 4 aromatic rings. The number of ether oxygens (including phenoxy) is 2. The van der Waals surface area contributed by atoms with Crippen LogP contribution in [0.1, 0.15) is 11.7 Å². The van der Waals surface area contributed by atoms with Crippen LogP contribution in [0.15, 0.2) is 52.1 Å². The number of aromatic nitrogens is 4. The third-order valence-electron chi connectivity index (χ3n) is 4.62. The van der Waals surface area contributed by atoms with Crippen molar-refractivity contribution in [1.82, 2.24) is 20.2 Å². The number of thioether (sulfide) groups is 1. The summed E-state index contributed by atoms with van der Waals surface area (Å²) in [5.41, 5.74) is 2.58. The van der Waals surface area contributed by atoms with E-state index in [0.717, 1.165) is 16.9 Å². The van der Waals surface area contributed by atoms with Crippen molar-refractivity contribution in [3.05, 3.63) is 54.2 Å². The summed E-state index contributed by atoms with van der Waals surface area (Å²) in [7, 11) is 0. The summed E-state index contributed by atoms with van der Waals surface area (Å²) in [6.45, 7) is 1.02. The Morgan fingerprint density at radius 1 is 1.06 bits per heavy atom. The normalized spacial score (nSPS) is 12.8. The molecular formula is C21H19N5O4S. The van der Waals surface area contributed by atoms with Crippen LogP contribution in [0.4, 0.5) is 5.69 Å². The van der Waals surface area contributed by atoms with Crippen molar-refractivity contribution >= 4 is 34.4 Å². The van der Waals surface area contributed by atoms with Gasteiger partial charge in [-0.2, -0.15) is 0 Å². The third-order valence-corrected chi connectivity index (χ3v) is 5.43. The van der Waals surface area contributed by atoms with E-state index in [2.05, 4.69) is 25.5 Å². The molecule has 0 spiro atoms. The fourth-order valence-corrected chi connectivity index (χ4v) is 3.77. The number of benzene rings is 2. The number of carbonyl (C=O) groups is 1. The Kier molecular flexibility index (Phi) is 5.44. The first-order chi connectivity index (χ1) is 15.2. The number of amides is 1. The Balaban J connectivity index is 1.11. The van der Waals surface area contributed by atoms with Crippen molar-refractivity contribution in [2.45, 2.75) is 18.1 Å². The second kappa shape index (κ2) is 8.68. The highest BCUT2D eigenvalue weighted by atomic mass is 32.2. The number of hydrogen-bond acceptors (Lipinski definition) is 8. The number of fused-ring (bicyclic) bond motifs is 2. The minimum Gasteiger partial charge on any atom is -0.486 e. The van der Waals surface area contributed by atoms with Gasteiger partial charge in [-0.05, 0) is 24.3 Å². The maximum atomic E-state index is 12.3. The molecule has 31 heavy (non-hydrogen) atoms. The van der Waals surface area contributed by atoms with Gasteiger partial charge in [0.2, 0.25) is 11.8 Å². The van der Waals surface area contributed by atoms with Crippen LogP contribution in [0.5, 0.6) is 11.5 Å². The Morgan fingerprint density at radius 2 is 1.94 bits per heavy atom. The van der Waals surface area contributed by atoms with Crippen LogP contribution in [-0.4, -0.2) is 45.0 Å². The van der Waals surface area contributed by atoms with Gasteiger partial charge < -0.3 is 24.2 Å². The van der Waals surface area contributed by atoms with Gasteiger partial charge in [0.15, 0.2) is 11.5 Å². The summed E-state index contributed by atoms with van der Waals surface area (Å²) in [6.07, 6.45) is 1.22. The molecule has 1 aliphatic heterocycles. The molecule has 158 valence electrons. The van der Waals surface area contributed by atoms with Gasteiger partial charge in [-0.25, -0.2) is 4.98 Å². The first-order valence-corrected chi connectivity index (χ1v) is 10.8. The van der Waals surface area contributed by atoms with E-state index < -0.39 is 0 Å². The quantitative estimate of drug-likeness (QED) is 0.424. The van der Waals surface area contributed by atoms with Crippen molar-refractivity contribution in [3.8, 4) is 11.5 Å². The average Bonchev–Trinajstić information content (AvgIpc) is 3.42. The van der Waals surface area contributed by atoms with Crippen LogP contribution >= 0.6 is 11.8 Å². The molecule has 10 heteroatoms. The number of carbonyl (C=O) groups excluding carboxylic acids is 1. The summed E-state index contributed by atoms with van der Waals surface area (Å²) in [4.78, 5) is 20.1. The van der Waals surface area contributed by atoms with Crippen molar-refractivity contribution in [2.75, 3.05) is 24.3 Å². The Hall–Kier alpha value is -3.53. The van der Waals surface area contributed by atoms with Gasteiger partial charge in [0, 0.05) is 24.6 Å². The lowest BCUT2D eigenvalue weighted by Crippen LogP contribution is -2.17. The summed E-state index contributed by atoms with van der Waals surface area (Å²) >= 11 is 1.19. The number of nitrogens with one attached hydrogen (secondary N) is 2. The molecule has 2 aromatic carbocycles. The second-order valence-electron chi connectivity index (χ2n) is 6.86. The van der Waals surface area contributed by atoms with Crippen LogP contribution in [0.25, 0.3) is 11.0 Å². The molecule has 9 nitrogen and oxygen atoms in total. The van der Waals surface area contributed by atoms with E-state index in [1.807, 2.05) is 24.3 Å². The first-order valence-electron chi connectivity index (χ1n) is 9.81. The molecular weight excluding hydrogens is 418 g/mol. The highest BCUT2D eigenvalue weighted by Crippen LogP contribution is 2.32. The SMILES string of the molecule is O=C(CSc1nnc(CCc2nc3ccccc3[nH]2)o1)Nc1ccc2c(c1)OCCO2. The maximum absolute atomic E-state index is 12.3. The van der Waals surface area contributed by atoms with Gasteiger partial charge in [-0.3, -0.25) is 4.79 Å². The number of nitrogens with zero attached hydrogens (tertiary/aromatic N) is 3. The molecule has 5 rings (SSSR count). The van der Waals surface area contributed by atoms with E-state index in [-0.39, 0.29) is 11.7 Å². The topological polar surface area (TPSA) is 115 Å². The number of aryl methyl sites for hydroxylation is 2. The van der Waals surface area contributed by atoms with E-state index in [0.29, 0.717) is 54.4 Å². The van der Waals surface area contributed by atoms with Crippen molar-refractivity contribution < 1.29 is 18.7 Å². The zero-order valence-electron chi connectivity index (χ0n) is 16.5. The average molecular weight is 437 g/mol. The van der Waals surface area contributed by atoms with Gasteiger partial charge in [0.1, 0.15) is 19.0 Å². The molecule has 0 saturated heterocycles. The Bertz CT molecular complexity index is 1190. The third kappa shape index (κ3) is 4.64. The second-order valence-corrected chi connectivity index (χ2v) is 7.78. The van der Waals surface area contributed by atoms with Gasteiger partial charge in [0.05, 0.1) is 16.8 Å². The number of para-hydroxylation sites is 2. The summed E-state index contributed by atoms with van der Waals surface area (Å²) in [5, 5.41) is 11.3. The van der Waals surface area contributed by atoms with Crippen molar-refractivity contribution in [3.63, 3.8) is 0 Å². The molecule has 0 bridgehead atoms. The zero-order valence-corrected chi connectivity index (χ0v) is 17.3. The Morgan fingerprint density at radius 3 is 2.84 bits per heavy atom. The molecule has 0 saturated carbocycles. The lowest BCUT2D eigenvalue weighted by atomic mass is 10.2. The molecule has 1 aliphatic rings. The standard InChI is InChI=1S/C21H19N5O4S/c27-19(22-13-5-6-16-17(11-13)29-10-9-28-16)12-31-21-26-25-20(30-21)8-7-18-23-14-3-1-2-4-15(14)24-18/h1-6,11H,7-10,12H2,(H,22,27)(H,23,24). The molecule has 1 amide bonds. The molecule has 3 heterocycles. The van der Waals surface area contributed by atoms with Crippen molar-refractivity contribution in [1.29, 1.82) is 0 Å². The maximum Gasteiger partial charge on any atom is 0.277 e. The Labute approximate surface area is 181 Å². The molecule has 2 N–H and O–H groups in total. The number of H-pyrrole nitrogens is 1. The molecule has 0 fully saturated rings. The van der Waals surface area contributed by atoms with E-state index in [1.54, 1.807) is 18.2 Å². The fourth-order valence-electron chi connectivity index (χ4n) is 3.19. The lowest BCUT2D eigenvalue weighted by Gasteiger charge is -2.18. The predicted molar refractivity (Wildman–Crippen MR) is 115 cm³/mol. The van der Waals surface area contributed by atoms with E-state index in [4.69, 9.17) is 13.9 Å². The van der Waals surface area contributed by atoms with E-state index >= 15 is 0 Å². The zero-order chi connectivity index (χ0) is 21.0. The summed E-state index contributed by atoms with van der Waals surface area (Å²) in [5.74, 6) is 2.66. The smallest absolute Gasteiger partial charge is 0.277 e. The van der Waals surface area contributed by atoms with Gasteiger partial charge in [0.25, 0.3) is 5.22 Å². The van der Waals surface area contributed by atoms with Crippen LogP contribution in [-0.2, 0) is 17.6 Å². The summed E-state index contributed by atoms with van der Waals surface area (Å²) < 4.78 is 16.6. The molecule has 0 atom stereocenters. The minimum absolute atomic E-state index is 0.152. The molecule has 0 radical (unpaired) electrons. The number of rotatable bonds is 7. The lowest BCUT2D eigenvalue weighted by molar-refractivity contribution is -0.113. The monoisotopic (exact) mass is 437 g/mol. The number of anilines is 1. The fraction of sp³-hybridized carbons (Fsp3) is 0.238. The van der Waals surface area contributed by atoms with E-state index in [1.165, 1.54) is 11.8 Å².